The highest BCUT2D eigenvalue weighted by Crippen LogP contribution is 2.41. The van der Waals surface area contributed by atoms with Crippen LogP contribution in [-0.4, -0.2) is 104 Å². The molecule has 0 aliphatic carbocycles. The molecular formula is C23H53N3O3Si. The van der Waals surface area contributed by atoms with Crippen molar-refractivity contribution in [3.63, 3.8) is 0 Å². The van der Waals surface area contributed by atoms with E-state index in [-0.39, 0.29) is 5.41 Å². The van der Waals surface area contributed by atoms with Crippen LogP contribution in [0.15, 0.2) is 0 Å². The summed E-state index contributed by atoms with van der Waals surface area (Å²) in [6.45, 7) is 21.3. The van der Waals surface area contributed by atoms with Crippen LogP contribution in [0.5, 0.6) is 0 Å². The van der Waals surface area contributed by atoms with Crippen LogP contribution in [0.25, 0.3) is 0 Å². The molecule has 0 aromatic carbocycles. The Bertz CT molecular complexity index is 362. The summed E-state index contributed by atoms with van der Waals surface area (Å²) in [6.07, 6.45) is 3.44. The number of nitrogens with zero attached hydrogens (tertiary/aromatic N) is 3. The Balaban J connectivity index is 5.93. The highest BCUT2D eigenvalue weighted by atomic mass is 28.4. The molecule has 0 atom stereocenters. The van der Waals surface area contributed by atoms with E-state index in [4.69, 9.17) is 13.3 Å². The predicted octanol–water partition coefficient (Wildman–Crippen LogP) is 4.05. The maximum atomic E-state index is 6.32. The Morgan fingerprint density at radius 1 is 0.567 bits per heavy atom. The lowest BCUT2D eigenvalue weighted by Gasteiger charge is -2.42. The molecule has 0 heterocycles. The van der Waals surface area contributed by atoms with Gasteiger partial charge in [0.1, 0.15) is 0 Å². The van der Waals surface area contributed by atoms with Gasteiger partial charge in [-0.2, -0.15) is 0 Å². The first-order chi connectivity index (χ1) is 14.3. The van der Waals surface area contributed by atoms with Gasteiger partial charge in [-0.25, -0.2) is 0 Å². The summed E-state index contributed by atoms with van der Waals surface area (Å²) in [5.41, 5.74) is 0.141. The standard InChI is InChI=1S/C23H53N3O3Si/c1-10-24(7)19-16-23(17-20-25(8)11-2,18-21-26(9)12-3)22-30(27-13-4,28-14-5)29-15-6/h10-22H2,1-9H3. The van der Waals surface area contributed by atoms with Gasteiger partial charge in [-0.15, -0.1) is 0 Å². The zero-order valence-electron chi connectivity index (χ0n) is 21.8. The second-order valence-corrected chi connectivity index (χ2v) is 11.2. The van der Waals surface area contributed by atoms with Crippen molar-refractivity contribution in [2.45, 2.75) is 66.8 Å². The summed E-state index contributed by atoms with van der Waals surface area (Å²) >= 11 is 0. The van der Waals surface area contributed by atoms with E-state index in [0.717, 1.165) is 64.6 Å². The third kappa shape index (κ3) is 11.6. The maximum absolute atomic E-state index is 6.32. The van der Waals surface area contributed by atoms with Crippen molar-refractivity contribution in [1.82, 2.24) is 14.7 Å². The summed E-state index contributed by atoms with van der Waals surface area (Å²) in [5.74, 6) is 0. The van der Waals surface area contributed by atoms with Crippen LogP contribution >= 0.6 is 0 Å². The van der Waals surface area contributed by atoms with E-state index in [2.05, 4.69) is 77.4 Å². The highest BCUT2D eigenvalue weighted by Gasteiger charge is 2.48. The van der Waals surface area contributed by atoms with Crippen molar-refractivity contribution in [1.29, 1.82) is 0 Å². The van der Waals surface area contributed by atoms with Gasteiger partial charge in [0.2, 0.25) is 0 Å². The molecule has 0 aliphatic heterocycles. The van der Waals surface area contributed by atoms with E-state index in [0.29, 0.717) is 19.8 Å². The molecule has 182 valence electrons. The van der Waals surface area contributed by atoms with Gasteiger partial charge in [-0.3, -0.25) is 0 Å². The second-order valence-electron chi connectivity index (χ2n) is 8.60. The van der Waals surface area contributed by atoms with Crippen LogP contribution in [0.3, 0.4) is 0 Å². The Morgan fingerprint density at radius 2 is 0.867 bits per heavy atom. The monoisotopic (exact) mass is 447 g/mol. The third-order valence-corrected chi connectivity index (χ3v) is 9.74. The Morgan fingerprint density at radius 3 is 1.10 bits per heavy atom. The van der Waals surface area contributed by atoms with Gasteiger partial charge in [-0.1, -0.05) is 20.8 Å². The molecule has 0 radical (unpaired) electrons. The van der Waals surface area contributed by atoms with Gasteiger partial charge in [-0.05, 0) is 106 Å². The summed E-state index contributed by atoms with van der Waals surface area (Å²) in [6, 6.07) is 0.905. The van der Waals surface area contributed by atoms with Gasteiger partial charge in [0.25, 0.3) is 0 Å². The molecule has 0 spiro atoms. The minimum atomic E-state index is -2.73. The Labute approximate surface area is 189 Å². The largest absolute Gasteiger partial charge is 0.501 e. The van der Waals surface area contributed by atoms with Crippen LogP contribution in [0.4, 0.5) is 0 Å². The van der Waals surface area contributed by atoms with E-state index in [1.165, 1.54) is 0 Å². The molecule has 0 rings (SSSR count). The van der Waals surface area contributed by atoms with Crippen LogP contribution in [0.1, 0.15) is 60.8 Å². The van der Waals surface area contributed by atoms with Crippen molar-refractivity contribution in [2.24, 2.45) is 5.41 Å². The van der Waals surface area contributed by atoms with Crippen LogP contribution in [0.2, 0.25) is 6.04 Å². The number of rotatable bonds is 20. The first-order valence-electron chi connectivity index (χ1n) is 12.2. The summed E-state index contributed by atoms with van der Waals surface area (Å²) < 4.78 is 19.0. The van der Waals surface area contributed by atoms with E-state index in [1.54, 1.807) is 0 Å². The van der Waals surface area contributed by atoms with E-state index in [9.17, 15) is 0 Å². The topological polar surface area (TPSA) is 37.4 Å². The summed E-state index contributed by atoms with van der Waals surface area (Å²) in [5, 5.41) is 0. The predicted molar refractivity (Wildman–Crippen MR) is 131 cm³/mol. The van der Waals surface area contributed by atoms with Crippen LogP contribution in [-0.2, 0) is 13.3 Å². The fraction of sp³-hybridized carbons (Fsp3) is 1.00. The van der Waals surface area contributed by atoms with Crippen molar-refractivity contribution in [3.05, 3.63) is 0 Å². The lowest BCUT2D eigenvalue weighted by Crippen LogP contribution is -2.51. The van der Waals surface area contributed by atoms with Gasteiger partial charge in [0.15, 0.2) is 0 Å². The molecule has 30 heavy (non-hydrogen) atoms. The molecule has 0 saturated carbocycles. The third-order valence-electron chi connectivity index (χ3n) is 6.38. The molecule has 0 bridgehead atoms. The number of hydrogen-bond donors (Lipinski definition) is 0. The van der Waals surface area contributed by atoms with E-state index < -0.39 is 8.80 Å². The molecule has 0 aliphatic rings. The normalized spacial score (nSPS) is 13.2. The minimum absolute atomic E-state index is 0.141. The smallest absolute Gasteiger partial charge is 0.374 e. The van der Waals surface area contributed by atoms with Crippen molar-refractivity contribution < 1.29 is 13.3 Å². The quantitative estimate of drug-likeness (QED) is 0.262. The SMILES string of the molecule is CCO[Si](CC(CCN(C)CC)(CCN(C)CC)CCN(C)CC)(OCC)OCC. The summed E-state index contributed by atoms with van der Waals surface area (Å²) in [4.78, 5) is 7.27. The molecular weight excluding hydrogens is 394 g/mol. The summed E-state index contributed by atoms with van der Waals surface area (Å²) in [7, 11) is 3.93. The van der Waals surface area contributed by atoms with Crippen LogP contribution in [0, 0.1) is 5.41 Å². The lowest BCUT2D eigenvalue weighted by atomic mass is 9.79. The molecule has 0 N–H and O–H groups in total. The number of hydrogen-bond acceptors (Lipinski definition) is 6. The zero-order valence-corrected chi connectivity index (χ0v) is 22.8. The average Bonchev–Trinajstić information content (AvgIpc) is 2.74. The van der Waals surface area contributed by atoms with Gasteiger partial charge in [0, 0.05) is 25.9 Å². The zero-order chi connectivity index (χ0) is 23.0. The molecule has 0 aromatic rings. The van der Waals surface area contributed by atoms with Crippen molar-refractivity contribution in [2.75, 3.05) is 80.2 Å². The van der Waals surface area contributed by atoms with Gasteiger partial charge in [0.05, 0.1) is 0 Å². The van der Waals surface area contributed by atoms with Gasteiger partial charge >= 0.3 is 8.80 Å². The average molecular weight is 448 g/mol. The van der Waals surface area contributed by atoms with E-state index in [1.807, 2.05) is 0 Å². The minimum Gasteiger partial charge on any atom is -0.374 e. The van der Waals surface area contributed by atoms with Gasteiger partial charge < -0.3 is 28.0 Å². The second kappa shape index (κ2) is 16.6. The van der Waals surface area contributed by atoms with Crippen LogP contribution < -0.4 is 0 Å². The molecule has 0 fully saturated rings. The maximum Gasteiger partial charge on any atom is 0.501 e. The van der Waals surface area contributed by atoms with E-state index >= 15 is 0 Å². The fourth-order valence-electron chi connectivity index (χ4n) is 3.80. The highest BCUT2D eigenvalue weighted by molar-refractivity contribution is 6.60. The Hall–Kier alpha value is -0.0231. The Kier molecular flexibility index (Phi) is 16.6. The fourth-order valence-corrected chi connectivity index (χ4v) is 7.12. The molecule has 6 nitrogen and oxygen atoms in total. The van der Waals surface area contributed by atoms with Crippen molar-refractivity contribution >= 4 is 8.80 Å². The first-order valence-corrected chi connectivity index (χ1v) is 14.2. The molecule has 0 aromatic heterocycles. The molecule has 0 amide bonds. The van der Waals surface area contributed by atoms with Crippen molar-refractivity contribution in [3.8, 4) is 0 Å². The molecule has 0 unspecified atom stereocenters. The lowest BCUT2D eigenvalue weighted by molar-refractivity contribution is 0.0485. The molecule has 7 heteroatoms. The molecule has 0 saturated heterocycles. The first kappa shape index (κ1) is 30.0.